The zero-order valence-electron chi connectivity index (χ0n) is 9.81. The van der Waals surface area contributed by atoms with Gasteiger partial charge in [-0.1, -0.05) is 12.1 Å². The van der Waals surface area contributed by atoms with Crippen LogP contribution in [-0.2, 0) is 0 Å². The first-order chi connectivity index (χ1) is 8.74. The van der Waals surface area contributed by atoms with Gasteiger partial charge in [-0.25, -0.2) is 4.39 Å². The number of benzene rings is 1. The molecule has 1 aliphatic rings. The van der Waals surface area contributed by atoms with Gasteiger partial charge in [0.15, 0.2) is 5.82 Å². The minimum absolute atomic E-state index is 0.167. The smallest absolute Gasteiger partial charge is 0.245 e. The molecule has 1 atom stereocenters. The fourth-order valence-electron chi connectivity index (χ4n) is 2.14. The molecule has 18 heavy (non-hydrogen) atoms. The van der Waals surface area contributed by atoms with E-state index >= 15 is 0 Å². The van der Waals surface area contributed by atoms with Crippen LogP contribution in [0.25, 0.3) is 11.4 Å². The molecule has 0 radical (unpaired) electrons. The van der Waals surface area contributed by atoms with Crippen molar-refractivity contribution in [2.75, 3.05) is 18.0 Å². The number of aromatic nitrogens is 3. The van der Waals surface area contributed by atoms with Gasteiger partial charge in [-0.2, -0.15) is 4.98 Å². The molecule has 1 fully saturated rings. The number of halogens is 1. The van der Waals surface area contributed by atoms with Crippen LogP contribution in [0.2, 0.25) is 0 Å². The SMILES string of the molecule is NC1CCN(c2n[nH]c(-c3ccccc3F)n2)C1. The lowest BCUT2D eigenvalue weighted by atomic mass is 10.2. The van der Waals surface area contributed by atoms with Gasteiger partial charge in [0.2, 0.25) is 5.95 Å². The van der Waals surface area contributed by atoms with E-state index in [0.717, 1.165) is 19.5 Å². The second kappa shape index (κ2) is 4.38. The molecule has 2 aromatic rings. The molecule has 3 rings (SSSR count). The minimum Gasteiger partial charge on any atom is -0.338 e. The highest BCUT2D eigenvalue weighted by Gasteiger charge is 2.22. The van der Waals surface area contributed by atoms with Crippen molar-refractivity contribution in [3.8, 4) is 11.4 Å². The Morgan fingerprint density at radius 3 is 2.94 bits per heavy atom. The predicted octanol–water partition coefficient (Wildman–Crippen LogP) is 1.15. The molecule has 0 amide bonds. The van der Waals surface area contributed by atoms with Crippen LogP contribution in [0.15, 0.2) is 24.3 Å². The first-order valence-corrected chi connectivity index (χ1v) is 5.92. The average molecular weight is 247 g/mol. The van der Waals surface area contributed by atoms with Gasteiger partial charge in [0, 0.05) is 19.1 Å². The maximum atomic E-state index is 13.6. The average Bonchev–Trinajstić information content (AvgIpc) is 2.98. The fourth-order valence-corrected chi connectivity index (χ4v) is 2.14. The number of anilines is 1. The molecule has 3 N–H and O–H groups in total. The number of rotatable bonds is 2. The van der Waals surface area contributed by atoms with Crippen molar-refractivity contribution >= 4 is 5.95 Å². The van der Waals surface area contributed by atoms with E-state index in [4.69, 9.17) is 5.73 Å². The third kappa shape index (κ3) is 1.95. The Morgan fingerprint density at radius 2 is 2.22 bits per heavy atom. The number of H-pyrrole nitrogens is 1. The van der Waals surface area contributed by atoms with Gasteiger partial charge in [-0.3, -0.25) is 5.10 Å². The van der Waals surface area contributed by atoms with Gasteiger partial charge in [0.05, 0.1) is 5.56 Å². The Hall–Kier alpha value is -1.95. The van der Waals surface area contributed by atoms with Crippen LogP contribution < -0.4 is 10.6 Å². The summed E-state index contributed by atoms with van der Waals surface area (Å²) in [5.41, 5.74) is 6.27. The van der Waals surface area contributed by atoms with Crippen molar-refractivity contribution in [3.05, 3.63) is 30.1 Å². The summed E-state index contributed by atoms with van der Waals surface area (Å²) >= 11 is 0. The van der Waals surface area contributed by atoms with Crippen LogP contribution in [0.4, 0.5) is 10.3 Å². The normalized spacial score (nSPS) is 19.4. The summed E-state index contributed by atoms with van der Waals surface area (Å²) in [4.78, 5) is 6.33. The van der Waals surface area contributed by atoms with Gasteiger partial charge in [-0.15, -0.1) is 5.10 Å². The standard InChI is InChI=1S/C12H14FN5/c13-10-4-2-1-3-9(10)11-15-12(17-16-11)18-6-5-8(14)7-18/h1-4,8H,5-7,14H2,(H,15,16,17). The molecule has 0 saturated carbocycles. The zero-order valence-corrected chi connectivity index (χ0v) is 9.81. The molecule has 1 unspecified atom stereocenters. The second-order valence-corrected chi connectivity index (χ2v) is 4.46. The molecule has 1 aromatic carbocycles. The summed E-state index contributed by atoms with van der Waals surface area (Å²) in [6.45, 7) is 1.59. The number of nitrogens with zero attached hydrogens (tertiary/aromatic N) is 3. The molecular weight excluding hydrogens is 233 g/mol. The van der Waals surface area contributed by atoms with E-state index in [1.165, 1.54) is 6.07 Å². The minimum atomic E-state index is -0.307. The lowest BCUT2D eigenvalue weighted by Gasteiger charge is -2.11. The molecule has 2 heterocycles. The summed E-state index contributed by atoms with van der Waals surface area (Å²) < 4.78 is 13.6. The Kier molecular flexibility index (Phi) is 2.71. The fraction of sp³-hybridized carbons (Fsp3) is 0.333. The van der Waals surface area contributed by atoms with Gasteiger partial charge < -0.3 is 10.6 Å². The molecule has 1 aromatic heterocycles. The van der Waals surface area contributed by atoms with E-state index < -0.39 is 0 Å². The van der Waals surface area contributed by atoms with Crippen molar-refractivity contribution in [1.82, 2.24) is 15.2 Å². The number of hydrogen-bond donors (Lipinski definition) is 2. The number of aromatic amines is 1. The van der Waals surface area contributed by atoms with Crippen LogP contribution >= 0.6 is 0 Å². The summed E-state index contributed by atoms with van der Waals surface area (Å²) in [5.74, 6) is 0.725. The van der Waals surface area contributed by atoms with Gasteiger partial charge in [-0.05, 0) is 18.6 Å². The van der Waals surface area contributed by atoms with Crippen LogP contribution in [0.3, 0.4) is 0 Å². The molecule has 5 nitrogen and oxygen atoms in total. The second-order valence-electron chi connectivity index (χ2n) is 4.46. The Balaban J connectivity index is 1.88. The zero-order chi connectivity index (χ0) is 12.5. The van der Waals surface area contributed by atoms with E-state index in [0.29, 0.717) is 17.3 Å². The van der Waals surface area contributed by atoms with Crippen molar-refractivity contribution < 1.29 is 4.39 Å². The van der Waals surface area contributed by atoms with E-state index in [1.807, 2.05) is 4.90 Å². The first-order valence-electron chi connectivity index (χ1n) is 5.92. The van der Waals surface area contributed by atoms with Crippen molar-refractivity contribution in [2.45, 2.75) is 12.5 Å². The summed E-state index contributed by atoms with van der Waals surface area (Å²) in [5, 5.41) is 6.89. The van der Waals surface area contributed by atoms with Crippen molar-refractivity contribution in [2.24, 2.45) is 5.73 Å². The third-order valence-electron chi connectivity index (χ3n) is 3.11. The van der Waals surface area contributed by atoms with Crippen LogP contribution in [0, 0.1) is 5.82 Å². The number of nitrogens with two attached hydrogens (primary N) is 1. The van der Waals surface area contributed by atoms with Gasteiger partial charge in [0.1, 0.15) is 5.82 Å². The molecular formula is C12H14FN5. The molecule has 0 bridgehead atoms. The van der Waals surface area contributed by atoms with Crippen molar-refractivity contribution in [3.63, 3.8) is 0 Å². The molecule has 0 spiro atoms. The largest absolute Gasteiger partial charge is 0.338 e. The maximum absolute atomic E-state index is 13.6. The van der Waals surface area contributed by atoms with E-state index in [1.54, 1.807) is 18.2 Å². The summed E-state index contributed by atoms with van der Waals surface area (Å²) in [6.07, 6.45) is 0.934. The maximum Gasteiger partial charge on any atom is 0.245 e. The van der Waals surface area contributed by atoms with Gasteiger partial charge >= 0.3 is 0 Å². The molecule has 0 aliphatic carbocycles. The molecule has 1 saturated heterocycles. The van der Waals surface area contributed by atoms with Crippen LogP contribution in [-0.4, -0.2) is 34.3 Å². The molecule has 94 valence electrons. The lowest BCUT2D eigenvalue weighted by molar-refractivity contribution is 0.630. The van der Waals surface area contributed by atoms with E-state index in [9.17, 15) is 4.39 Å². The topological polar surface area (TPSA) is 70.8 Å². The predicted molar refractivity (Wildman–Crippen MR) is 66.6 cm³/mol. The van der Waals surface area contributed by atoms with Crippen LogP contribution in [0.5, 0.6) is 0 Å². The Morgan fingerprint density at radius 1 is 1.39 bits per heavy atom. The lowest BCUT2D eigenvalue weighted by Crippen LogP contribution is -2.26. The van der Waals surface area contributed by atoms with Crippen molar-refractivity contribution in [1.29, 1.82) is 0 Å². The Labute approximate surface area is 104 Å². The highest BCUT2D eigenvalue weighted by Crippen LogP contribution is 2.22. The Bertz CT molecular complexity index is 553. The first kappa shape index (κ1) is 11.2. The molecule has 1 aliphatic heterocycles. The quantitative estimate of drug-likeness (QED) is 0.835. The van der Waals surface area contributed by atoms with E-state index in [-0.39, 0.29) is 11.9 Å². The summed E-state index contributed by atoms with van der Waals surface area (Å²) in [6, 6.07) is 6.67. The highest BCUT2D eigenvalue weighted by atomic mass is 19.1. The monoisotopic (exact) mass is 247 g/mol. The van der Waals surface area contributed by atoms with E-state index in [2.05, 4.69) is 15.2 Å². The number of hydrogen-bond acceptors (Lipinski definition) is 4. The third-order valence-corrected chi connectivity index (χ3v) is 3.11. The highest BCUT2D eigenvalue weighted by molar-refractivity contribution is 5.57. The van der Waals surface area contributed by atoms with Gasteiger partial charge in [0.25, 0.3) is 0 Å². The molecule has 6 heteroatoms. The summed E-state index contributed by atoms with van der Waals surface area (Å²) in [7, 11) is 0. The van der Waals surface area contributed by atoms with Crippen LogP contribution in [0.1, 0.15) is 6.42 Å². The number of nitrogens with one attached hydrogen (secondary N) is 1.